The Morgan fingerprint density at radius 2 is 2.19 bits per heavy atom. The van der Waals surface area contributed by atoms with Crippen LogP contribution in [0.5, 0.6) is 0 Å². The summed E-state index contributed by atoms with van der Waals surface area (Å²) in [5.74, 6) is -0.270. The third-order valence-corrected chi connectivity index (χ3v) is 5.25. The molecule has 7 heteroatoms. The van der Waals surface area contributed by atoms with Crippen molar-refractivity contribution < 1.29 is 4.79 Å². The van der Waals surface area contributed by atoms with E-state index in [1.807, 2.05) is 6.07 Å². The Bertz CT molecular complexity index is 849. The minimum Gasteiger partial charge on any atom is -0.397 e. The summed E-state index contributed by atoms with van der Waals surface area (Å²) in [4.78, 5) is 17.7. The number of aromatic nitrogens is 1. The number of thiophene rings is 1. The third kappa shape index (κ3) is 2.74. The fraction of sp³-hybridized carbons (Fsp3) is 0. The monoisotopic (exact) mass is 381 g/mol. The maximum atomic E-state index is 12.3. The predicted octanol–water partition coefficient (Wildman–Crippen LogP) is 4.55. The van der Waals surface area contributed by atoms with E-state index in [4.69, 9.17) is 17.3 Å². The molecule has 0 saturated carbocycles. The number of hydrogen-bond donors (Lipinski definition) is 2. The third-order valence-electron chi connectivity index (χ3n) is 2.89. The van der Waals surface area contributed by atoms with Crippen molar-refractivity contribution in [2.24, 2.45) is 0 Å². The number of benzene rings is 1. The largest absolute Gasteiger partial charge is 0.397 e. The van der Waals surface area contributed by atoms with Crippen molar-refractivity contribution in [1.29, 1.82) is 0 Å². The van der Waals surface area contributed by atoms with E-state index in [-0.39, 0.29) is 5.91 Å². The van der Waals surface area contributed by atoms with E-state index < -0.39 is 0 Å². The standard InChI is InChI=1S/C14H9BrClN3OS/c15-9-4-3-7(6-10(9)16)19-13(20)12-11(17)8-2-1-5-18-14(8)21-12/h1-6H,17H2,(H,19,20). The lowest BCUT2D eigenvalue weighted by atomic mass is 10.2. The molecule has 2 heterocycles. The van der Waals surface area contributed by atoms with Crippen molar-refractivity contribution in [3.05, 3.63) is 50.9 Å². The van der Waals surface area contributed by atoms with Gasteiger partial charge in [0.05, 0.1) is 10.7 Å². The van der Waals surface area contributed by atoms with Gasteiger partial charge < -0.3 is 11.1 Å². The van der Waals surface area contributed by atoms with Crippen LogP contribution in [0.25, 0.3) is 10.2 Å². The molecule has 3 rings (SSSR count). The molecule has 3 N–H and O–H groups in total. The highest BCUT2D eigenvalue weighted by Crippen LogP contribution is 2.33. The van der Waals surface area contributed by atoms with Crippen molar-refractivity contribution in [2.45, 2.75) is 0 Å². The molecule has 0 bridgehead atoms. The maximum Gasteiger partial charge on any atom is 0.267 e. The van der Waals surface area contributed by atoms with E-state index in [1.165, 1.54) is 11.3 Å². The Hall–Kier alpha value is -1.63. The van der Waals surface area contributed by atoms with Crippen LogP contribution >= 0.6 is 38.9 Å². The quantitative estimate of drug-likeness (QED) is 0.683. The molecule has 21 heavy (non-hydrogen) atoms. The first-order chi connectivity index (χ1) is 10.1. The van der Waals surface area contributed by atoms with Crippen molar-refractivity contribution >= 4 is 66.4 Å². The summed E-state index contributed by atoms with van der Waals surface area (Å²) in [6.07, 6.45) is 1.68. The number of nitrogens with zero attached hydrogens (tertiary/aromatic N) is 1. The smallest absolute Gasteiger partial charge is 0.267 e. The summed E-state index contributed by atoms with van der Waals surface area (Å²) in [6.45, 7) is 0. The predicted molar refractivity (Wildman–Crippen MR) is 91.1 cm³/mol. The van der Waals surface area contributed by atoms with Crippen molar-refractivity contribution in [1.82, 2.24) is 4.98 Å². The number of fused-ring (bicyclic) bond motifs is 1. The number of rotatable bonds is 2. The summed E-state index contributed by atoms with van der Waals surface area (Å²) in [5, 5.41) is 4.11. The Morgan fingerprint density at radius 1 is 1.38 bits per heavy atom. The van der Waals surface area contributed by atoms with Crippen LogP contribution in [0.1, 0.15) is 9.67 Å². The molecular formula is C14H9BrClN3OS. The molecule has 0 radical (unpaired) electrons. The number of nitrogens with two attached hydrogens (primary N) is 1. The number of halogens is 2. The lowest BCUT2D eigenvalue weighted by Crippen LogP contribution is -2.11. The molecule has 0 aliphatic carbocycles. The fourth-order valence-electron chi connectivity index (χ4n) is 1.88. The minimum absolute atomic E-state index is 0.270. The van der Waals surface area contributed by atoms with E-state index in [2.05, 4.69) is 26.2 Å². The van der Waals surface area contributed by atoms with Crippen LogP contribution < -0.4 is 11.1 Å². The Balaban J connectivity index is 1.93. The van der Waals surface area contributed by atoms with E-state index in [1.54, 1.807) is 30.5 Å². The number of nitrogens with one attached hydrogen (secondary N) is 1. The minimum atomic E-state index is -0.270. The molecule has 0 unspecified atom stereocenters. The molecule has 106 valence electrons. The summed E-state index contributed by atoms with van der Waals surface area (Å²) < 4.78 is 0.771. The highest BCUT2D eigenvalue weighted by atomic mass is 79.9. The average molecular weight is 383 g/mol. The van der Waals surface area contributed by atoms with Crippen LogP contribution in [0.2, 0.25) is 5.02 Å². The Kier molecular flexibility index (Phi) is 3.84. The van der Waals surface area contributed by atoms with Gasteiger partial charge in [-0.2, -0.15) is 0 Å². The Morgan fingerprint density at radius 3 is 2.90 bits per heavy atom. The van der Waals surface area contributed by atoms with Gasteiger partial charge in [0.15, 0.2) is 0 Å². The number of nitrogen functional groups attached to an aromatic ring is 1. The van der Waals surface area contributed by atoms with Gasteiger partial charge in [0.25, 0.3) is 5.91 Å². The second-order valence-corrected chi connectivity index (χ2v) is 6.54. The molecule has 3 aromatic rings. The number of carbonyl (C=O) groups excluding carboxylic acids is 1. The lowest BCUT2D eigenvalue weighted by molar-refractivity contribution is 0.103. The topological polar surface area (TPSA) is 68.0 Å². The first-order valence-corrected chi connectivity index (χ1v) is 7.94. The van der Waals surface area contributed by atoms with Gasteiger partial charge in [0, 0.05) is 21.7 Å². The van der Waals surface area contributed by atoms with Gasteiger partial charge in [0.1, 0.15) is 9.71 Å². The van der Waals surface area contributed by atoms with Gasteiger partial charge in [-0.15, -0.1) is 11.3 Å². The molecule has 0 saturated heterocycles. The van der Waals surface area contributed by atoms with Crippen LogP contribution in [-0.2, 0) is 0 Å². The molecule has 0 aliphatic rings. The molecule has 2 aromatic heterocycles. The number of anilines is 2. The average Bonchev–Trinajstić information content (AvgIpc) is 2.81. The zero-order valence-electron chi connectivity index (χ0n) is 10.6. The van der Waals surface area contributed by atoms with Crippen LogP contribution in [-0.4, -0.2) is 10.9 Å². The van der Waals surface area contributed by atoms with Crippen molar-refractivity contribution in [3.8, 4) is 0 Å². The van der Waals surface area contributed by atoms with E-state index in [0.29, 0.717) is 21.3 Å². The SMILES string of the molecule is Nc1c(C(=O)Nc2ccc(Br)c(Cl)c2)sc2ncccc12. The van der Waals surface area contributed by atoms with Crippen LogP contribution in [0, 0.1) is 0 Å². The van der Waals surface area contributed by atoms with Crippen LogP contribution in [0.15, 0.2) is 41.0 Å². The summed E-state index contributed by atoms with van der Waals surface area (Å²) >= 11 is 10.6. The summed E-state index contributed by atoms with van der Waals surface area (Å²) in [6, 6.07) is 8.84. The normalized spacial score (nSPS) is 10.8. The van der Waals surface area contributed by atoms with Crippen LogP contribution in [0.4, 0.5) is 11.4 Å². The number of pyridine rings is 1. The summed E-state index contributed by atoms with van der Waals surface area (Å²) in [7, 11) is 0. The molecule has 4 nitrogen and oxygen atoms in total. The number of carbonyl (C=O) groups is 1. The van der Waals surface area contributed by atoms with Crippen molar-refractivity contribution in [3.63, 3.8) is 0 Å². The van der Waals surface area contributed by atoms with Gasteiger partial charge in [-0.25, -0.2) is 4.98 Å². The zero-order chi connectivity index (χ0) is 15.0. The van der Waals surface area contributed by atoms with Gasteiger partial charge >= 0.3 is 0 Å². The zero-order valence-corrected chi connectivity index (χ0v) is 13.7. The second kappa shape index (κ2) is 5.63. The first-order valence-electron chi connectivity index (χ1n) is 5.95. The van der Waals surface area contributed by atoms with Crippen LogP contribution in [0.3, 0.4) is 0 Å². The molecule has 0 fully saturated rings. The van der Waals surface area contributed by atoms with Gasteiger partial charge in [-0.3, -0.25) is 4.79 Å². The highest BCUT2D eigenvalue weighted by Gasteiger charge is 2.17. The van der Waals surface area contributed by atoms with E-state index in [0.717, 1.165) is 14.7 Å². The van der Waals surface area contributed by atoms with Gasteiger partial charge in [-0.1, -0.05) is 11.6 Å². The van der Waals surface area contributed by atoms with Crippen molar-refractivity contribution in [2.75, 3.05) is 11.1 Å². The molecule has 0 spiro atoms. The summed E-state index contributed by atoms with van der Waals surface area (Å²) in [5.41, 5.74) is 7.08. The maximum absolute atomic E-state index is 12.3. The molecule has 0 atom stereocenters. The van der Waals surface area contributed by atoms with E-state index in [9.17, 15) is 4.79 Å². The molecular weight excluding hydrogens is 374 g/mol. The number of hydrogen-bond acceptors (Lipinski definition) is 4. The number of amides is 1. The fourth-order valence-corrected chi connectivity index (χ4v) is 3.27. The van der Waals surface area contributed by atoms with E-state index >= 15 is 0 Å². The van der Waals surface area contributed by atoms with Gasteiger partial charge in [-0.05, 0) is 46.3 Å². The Labute approximate surface area is 138 Å². The lowest BCUT2D eigenvalue weighted by Gasteiger charge is -2.05. The second-order valence-electron chi connectivity index (χ2n) is 4.28. The molecule has 1 amide bonds. The first kappa shape index (κ1) is 14.3. The molecule has 0 aliphatic heterocycles. The molecule has 1 aromatic carbocycles. The van der Waals surface area contributed by atoms with Gasteiger partial charge in [0.2, 0.25) is 0 Å². The highest BCUT2D eigenvalue weighted by molar-refractivity contribution is 9.10.